The SMILES string of the molecule is COc1ccc2ccccc2c1C(O)Cc1cncs1. The molecule has 0 amide bonds. The van der Waals surface area contributed by atoms with Gasteiger partial charge >= 0.3 is 0 Å². The predicted molar refractivity (Wildman–Crippen MR) is 81.3 cm³/mol. The molecule has 3 aromatic rings. The second-order valence-corrected chi connectivity index (χ2v) is 5.56. The van der Waals surface area contributed by atoms with Crippen molar-refractivity contribution >= 4 is 22.1 Å². The average Bonchev–Trinajstić information content (AvgIpc) is 2.98. The Morgan fingerprint density at radius 1 is 1.25 bits per heavy atom. The summed E-state index contributed by atoms with van der Waals surface area (Å²) in [5.41, 5.74) is 2.63. The number of aromatic nitrogens is 1. The molecule has 1 atom stereocenters. The molecule has 1 N–H and O–H groups in total. The number of ether oxygens (including phenoxy) is 1. The van der Waals surface area contributed by atoms with Crippen LogP contribution in [0, 0.1) is 0 Å². The van der Waals surface area contributed by atoms with Crippen molar-refractivity contribution in [1.29, 1.82) is 0 Å². The predicted octanol–water partition coefficient (Wildman–Crippen LogP) is 3.58. The summed E-state index contributed by atoms with van der Waals surface area (Å²) in [4.78, 5) is 5.11. The molecule has 20 heavy (non-hydrogen) atoms. The summed E-state index contributed by atoms with van der Waals surface area (Å²) < 4.78 is 5.42. The zero-order valence-electron chi connectivity index (χ0n) is 11.1. The fraction of sp³-hybridized carbons (Fsp3) is 0.188. The van der Waals surface area contributed by atoms with Crippen LogP contribution < -0.4 is 4.74 Å². The Morgan fingerprint density at radius 3 is 2.85 bits per heavy atom. The van der Waals surface area contributed by atoms with Crippen LogP contribution in [0.25, 0.3) is 10.8 Å². The van der Waals surface area contributed by atoms with Gasteiger partial charge in [0, 0.05) is 23.1 Å². The highest BCUT2D eigenvalue weighted by Gasteiger charge is 2.17. The fourth-order valence-corrected chi connectivity index (χ4v) is 3.07. The van der Waals surface area contributed by atoms with Gasteiger partial charge < -0.3 is 9.84 Å². The van der Waals surface area contributed by atoms with Crippen molar-refractivity contribution in [2.24, 2.45) is 0 Å². The Bertz CT molecular complexity index is 710. The molecule has 1 aromatic heterocycles. The van der Waals surface area contributed by atoms with Crippen LogP contribution in [0.4, 0.5) is 0 Å². The summed E-state index contributed by atoms with van der Waals surface area (Å²) in [7, 11) is 1.63. The van der Waals surface area contributed by atoms with E-state index in [9.17, 15) is 5.11 Å². The lowest BCUT2D eigenvalue weighted by atomic mass is 9.97. The molecule has 0 bridgehead atoms. The van der Waals surface area contributed by atoms with Gasteiger partial charge in [-0.1, -0.05) is 30.3 Å². The van der Waals surface area contributed by atoms with E-state index in [0.717, 1.165) is 27.0 Å². The summed E-state index contributed by atoms with van der Waals surface area (Å²) in [6.07, 6.45) is 1.75. The maximum Gasteiger partial charge on any atom is 0.125 e. The van der Waals surface area contributed by atoms with Gasteiger partial charge in [0.2, 0.25) is 0 Å². The molecule has 1 unspecified atom stereocenters. The standard InChI is InChI=1S/C16H15NO2S/c1-19-15-7-6-11-4-2-3-5-13(11)16(15)14(18)8-12-9-17-10-20-12/h2-7,9-10,14,18H,8H2,1H3. The van der Waals surface area contributed by atoms with Crippen LogP contribution in [0.15, 0.2) is 48.1 Å². The third-order valence-electron chi connectivity index (χ3n) is 3.36. The first-order chi connectivity index (χ1) is 9.79. The Kier molecular flexibility index (Phi) is 3.67. The molecule has 3 nitrogen and oxygen atoms in total. The minimum atomic E-state index is -0.600. The van der Waals surface area contributed by atoms with E-state index in [0.29, 0.717) is 6.42 Å². The van der Waals surface area contributed by atoms with Crippen LogP contribution in [-0.4, -0.2) is 17.2 Å². The zero-order chi connectivity index (χ0) is 13.9. The van der Waals surface area contributed by atoms with E-state index in [1.165, 1.54) is 0 Å². The monoisotopic (exact) mass is 285 g/mol. The Labute approximate surface area is 121 Å². The van der Waals surface area contributed by atoms with Gasteiger partial charge in [-0.3, -0.25) is 4.98 Å². The largest absolute Gasteiger partial charge is 0.496 e. The van der Waals surface area contributed by atoms with Gasteiger partial charge in [-0.05, 0) is 16.8 Å². The highest BCUT2D eigenvalue weighted by Crippen LogP contribution is 2.34. The van der Waals surface area contributed by atoms with E-state index < -0.39 is 6.10 Å². The number of thiazole rings is 1. The van der Waals surface area contributed by atoms with E-state index in [2.05, 4.69) is 4.98 Å². The first-order valence-corrected chi connectivity index (χ1v) is 7.28. The number of aliphatic hydroxyl groups excluding tert-OH is 1. The van der Waals surface area contributed by atoms with Crippen molar-refractivity contribution in [1.82, 2.24) is 4.98 Å². The third-order valence-corrected chi connectivity index (χ3v) is 4.16. The van der Waals surface area contributed by atoms with Crippen LogP contribution in [-0.2, 0) is 6.42 Å². The maximum absolute atomic E-state index is 10.6. The summed E-state index contributed by atoms with van der Waals surface area (Å²) in [5.74, 6) is 0.723. The van der Waals surface area contributed by atoms with Crippen molar-refractivity contribution < 1.29 is 9.84 Å². The molecule has 0 saturated heterocycles. The van der Waals surface area contributed by atoms with Gasteiger partial charge in [-0.25, -0.2) is 0 Å². The van der Waals surface area contributed by atoms with E-state index in [1.54, 1.807) is 30.2 Å². The highest BCUT2D eigenvalue weighted by molar-refractivity contribution is 7.09. The van der Waals surface area contributed by atoms with E-state index in [4.69, 9.17) is 4.74 Å². The molecular formula is C16H15NO2S. The van der Waals surface area contributed by atoms with Gasteiger partial charge in [-0.2, -0.15) is 0 Å². The lowest BCUT2D eigenvalue weighted by molar-refractivity contribution is 0.176. The molecule has 0 aliphatic carbocycles. The Hall–Kier alpha value is -1.91. The van der Waals surface area contributed by atoms with Crippen molar-refractivity contribution in [2.75, 3.05) is 7.11 Å². The molecule has 1 heterocycles. The van der Waals surface area contributed by atoms with E-state index in [1.807, 2.05) is 36.4 Å². The Balaban J connectivity index is 2.08. The summed E-state index contributed by atoms with van der Waals surface area (Å²) in [6.45, 7) is 0. The molecule has 0 spiro atoms. The molecule has 0 fully saturated rings. The van der Waals surface area contributed by atoms with Gasteiger partial charge in [0.25, 0.3) is 0 Å². The van der Waals surface area contributed by atoms with Gasteiger partial charge in [0.05, 0.1) is 18.7 Å². The lowest BCUT2D eigenvalue weighted by Gasteiger charge is -2.17. The van der Waals surface area contributed by atoms with Crippen LogP contribution in [0.5, 0.6) is 5.75 Å². The van der Waals surface area contributed by atoms with Crippen LogP contribution in [0.2, 0.25) is 0 Å². The van der Waals surface area contributed by atoms with Gasteiger partial charge in [0.1, 0.15) is 5.75 Å². The molecule has 0 aliphatic heterocycles. The maximum atomic E-state index is 10.6. The highest BCUT2D eigenvalue weighted by atomic mass is 32.1. The lowest BCUT2D eigenvalue weighted by Crippen LogP contribution is -2.04. The number of methoxy groups -OCH3 is 1. The fourth-order valence-electron chi connectivity index (χ4n) is 2.43. The van der Waals surface area contributed by atoms with E-state index in [-0.39, 0.29) is 0 Å². The number of aliphatic hydroxyl groups is 1. The van der Waals surface area contributed by atoms with E-state index >= 15 is 0 Å². The molecule has 102 valence electrons. The minimum absolute atomic E-state index is 0.551. The second kappa shape index (κ2) is 5.61. The number of benzene rings is 2. The van der Waals surface area contributed by atoms with Gasteiger partial charge in [-0.15, -0.1) is 11.3 Å². The smallest absolute Gasteiger partial charge is 0.125 e. The summed E-state index contributed by atoms with van der Waals surface area (Å²) >= 11 is 1.55. The van der Waals surface area contributed by atoms with Crippen molar-refractivity contribution in [3.8, 4) is 5.75 Å². The summed E-state index contributed by atoms with van der Waals surface area (Å²) in [6, 6.07) is 11.9. The molecule has 2 aromatic carbocycles. The number of hydrogen-bond acceptors (Lipinski definition) is 4. The molecule has 0 saturated carbocycles. The first kappa shape index (κ1) is 13.1. The van der Waals surface area contributed by atoms with Crippen molar-refractivity contribution in [2.45, 2.75) is 12.5 Å². The van der Waals surface area contributed by atoms with Crippen LogP contribution >= 0.6 is 11.3 Å². The minimum Gasteiger partial charge on any atom is -0.496 e. The van der Waals surface area contributed by atoms with Crippen LogP contribution in [0.3, 0.4) is 0 Å². The molecule has 0 radical (unpaired) electrons. The number of hydrogen-bond donors (Lipinski definition) is 1. The average molecular weight is 285 g/mol. The topological polar surface area (TPSA) is 42.4 Å². The quantitative estimate of drug-likeness (QED) is 0.796. The number of fused-ring (bicyclic) bond motifs is 1. The van der Waals surface area contributed by atoms with Gasteiger partial charge in [0.15, 0.2) is 0 Å². The molecular weight excluding hydrogens is 270 g/mol. The number of nitrogens with zero attached hydrogens (tertiary/aromatic N) is 1. The molecule has 0 aliphatic rings. The zero-order valence-corrected chi connectivity index (χ0v) is 11.9. The molecule has 4 heteroatoms. The first-order valence-electron chi connectivity index (χ1n) is 6.40. The van der Waals surface area contributed by atoms with Crippen molar-refractivity contribution in [3.05, 3.63) is 58.5 Å². The Morgan fingerprint density at radius 2 is 2.10 bits per heavy atom. The second-order valence-electron chi connectivity index (χ2n) is 4.59. The normalized spacial score (nSPS) is 12.5. The number of rotatable bonds is 4. The van der Waals surface area contributed by atoms with Crippen molar-refractivity contribution in [3.63, 3.8) is 0 Å². The third kappa shape index (κ3) is 2.40. The molecule has 3 rings (SSSR count). The summed E-state index contributed by atoms with van der Waals surface area (Å²) in [5, 5.41) is 12.7. The van der Waals surface area contributed by atoms with Crippen LogP contribution in [0.1, 0.15) is 16.5 Å².